The van der Waals surface area contributed by atoms with E-state index in [1.165, 1.54) is 0 Å². The molecule has 400 valence electrons. The summed E-state index contributed by atoms with van der Waals surface area (Å²) in [4.78, 5) is 0. The SMILES string of the molecule is C=C(OCCOCCOCCOCCOC(=C)C(F)(F)C(F)(F)C(F)(F)C(F)(F)C(F)(F)C(F)(F)C(F)(F)C(F)(F)F)C(F)(F)C(F)(F)C(F)(F)C(F)(F)C(F)(F)C(F)(F)C(F)(F)C(F)(F)F. The van der Waals surface area contributed by atoms with Gasteiger partial charge in [0.15, 0.2) is 11.5 Å². The molecule has 0 heterocycles. The van der Waals surface area contributed by atoms with Crippen molar-refractivity contribution in [3.05, 3.63) is 24.7 Å². The van der Waals surface area contributed by atoms with E-state index in [1.807, 2.05) is 13.2 Å². The molecule has 0 atom stereocenters. The number of hydrogen-bond acceptors (Lipinski definition) is 5. The van der Waals surface area contributed by atoms with E-state index in [2.05, 4.69) is 23.7 Å². The van der Waals surface area contributed by atoms with Gasteiger partial charge < -0.3 is 23.7 Å². The second kappa shape index (κ2) is 19.1. The Balaban J connectivity index is 5.21. The predicted molar refractivity (Wildman–Crippen MR) is 144 cm³/mol. The molecule has 0 aliphatic rings. The van der Waals surface area contributed by atoms with Crippen molar-refractivity contribution >= 4 is 0 Å². The molecule has 0 bridgehead atoms. The minimum absolute atomic E-state index is 0.724. The molecule has 0 unspecified atom stereocenters. The highest BCUT2D eigenvalue weighted by Gasteiger charge is 2.97. The van der Waals surface area contributed by atoms with E-state index in [9.17, 15) is 149 Å². The average Bonchev–Trinajstić information content (AvgIpc) is 3.14. The maximum absolute atomic E-state index is 14.1. The van der Waals surface area contributed by atoms with Crippen LogP contribution in [-0.2, 0) is 23.7 Å². The van der Waals surface area contributed by atoms with Crippen LogP contribution in [0.1, 0.15) is 0 Å². The van der Waals surface area contributed by atoms with E-state index in [1.54, 1.807) is 0 Å². The fourth-order valence-corrected chi connectivity index (χ4v) is 3.85. The second-order valence-corrected chi connectivity index (χ2v) is 12.4. The highest BCUT2D eigenvalue weighted by Crippen LogP contribution is 2.66. The maximum atomic E-state index is 14.1. The Morgan fingerprint density at radius 1 is 0.224 bits per heavy atom. The van der Waals surface area contributed by atoms with E-state index in [4.69, 9.17) is 0 Å². The minimum Gasteiger partial charge on any atom is -0.490 e. The number of rotatable bonds is 28. The summed E-state index contributed by atoms with van der Waals surface area (Å²) in [5.74, 6) is -124. The molecular weight excluding hydrogens is 1060 g/mol. The zero-order valence-electron chi connectivity index (χ0n) is 31.0. The molecule has 39 heteroatoms. The Hall–Kier alpha value is -3.42. The van der Waals surface area contributed by atoms with Gasteiger partial charge in [-0.1, -0.05) is 13.2 Å². The molecule has 0 N–H and O–H groups in total. The summed E-state index contributed by atoms with van der Waals surface area (Å²) in [6, 6.07) is 0. The van der Waals surface area contributed by atoms with Crippen LogP contribution in [0, 0.1) is 0 Å². The van der Waals surface area contributed by atoms with Crippen molar-refractivity contribution < 1.29 is 173 Å². The summed E-state index contributed by atoms with van der Waals surface area (Å²) < 4.78 is 475. The van der Waals surface area contributed by atoms with Crippen molar-refractivity contribution in [2.75, 3.05) is 52.9 Å². The molecule has 67 heavy (non-hydrogen) atoms. The fourth-order valence-electron chi connectivity index (χ4n) is 3.85. The molecule has 0 aliphatic heterocycles. The first-order chi connectivity index (χ1) is 29.0. The molecule has 0 aromatic carbocycles. The lowest BCUT2D eigenvalue weighted by molar-refractivity contribution is -0.460. The summed E-state index contributed by atoms with van der Waals surface area (Å²) in [5.41, 5.74) is 0. The lowest BCUT2D eigenvalue weighted by Crippen LogP contribution is -2.74. The third kappa shape index (κ3) is 10.1. The maximum Gasteiger partial charge on any atom is 0.460 e. The molecule has 0 aliphatic carbocycles. The molecule has 0 saturated carbocycles. The molecule has 0 rings (SSSR count). The van der Waals surface area contributed by atoms with Crippen molar-refractivity contribution in [2.45, 2.75) is 95.3 Å². The van der Waals surface area contributed by atoms with Crippen LogP contribution in [-0.4, -0.2) is 148 Å². The lowest BCUT2D eigenvalue weighted by atomic mass is 9.88. The van der Waals surface area contributed by atoms with Crippen LogP contribution in [0.2, 0.25) is 0 Å². The molecule has 0 spiro atoms. The third-order valence-corrected chi connectivity index (χ3v) is 7.90. The third-order valence-electron chi connectivity index (χ3n) is 7.90. The zero-order valence-corrected chi connectivity index (χ0v) is 31.0. The van der Waals surface area contributed by atoms with Gasteiger partial charge in [-0.3, -0.25) is 0 Å². The normalized spacial score (nSPS) is 15.8. The van der Waals surface area contributed by atoms with Gasteiger partial charge in [0.05, 0.1) is 39.6 Å². The molecule has 0 aromatic rings. The van der Waals surface area contributed by atoms with Crippen LogP contribution in [0.3, 0.4) is 0 Å². The number of halogens is 34. The smallest absolute Gasteiger partial charge is 0.460 e. The summed E-state index contributed by atoms with van der Waals surface area (Å²) in [5, 5.41) is 0. The van der Waals surface area contributed by atoms with Crippen LogP contribution in [0.25, 0.3) is 0 Å². The first-order valence-corrected chi connectivity index (χ1v) is 15.9. The Kier molecular flexibility index (Phi) is 18.1. The van der Waals surface area contributed by atoms with Crippen LogP contribution in [0.5, 0.6) is 0 Å². The molecule has 0 fully saturated rings. The Labute approximate surface area is 346 Å². The average molecular weight is 1080 g/mol. The topological polar surface area (TPSA) is 46.2 Å². The molecule has 0 aromatic heterocycles. The Morgan fingerprint density at radius 3 is 0.552 bits per heavy atom. The van der Waals surface area contributed by atoms with Gasteiger partial charge in [0.25, 0.3) is 0 Å². The quantitative estimate of drug-likeness (QED) is 0.0444. The largest absolute Gasteiger partial charge is 0.490 e. The van der Waals surface area contributed by atoms with Gasteiger partial charge in [-0.15, -0.1) is 0 Å². The summed E-state index contributed by atoms with van der Waals surface area (Å²) in [7, 11) is 0. The highest BCUT2D eigenvalue weighted by molar-refractivity contribution is 5.21. The van der Waals surface area contributed by atoms with Crippen LogP contribution in [0.15, 0.2) is 24.7 Å². The van der Waals surface area contributed by atoms with E-state index >= 15 is 0 Å². The Morgan fingerprint density at radius 2 is 0.373 bits per heavy atom. The molecule has 5 nitrogen and oxygen atoms in total. The first-order valence-electron chi connectivity index (χ1n) is 15.9. The second-order valence-electron chi connectivity index (χ2n) is 12.4. The minimum atomic E-state index is -8.88. The summed E-state index contributed by atoms with van der Waals surface area (Å²) in [6.45, 7) is -4.89. The Bertz CT molecular complexity index is 1560. The standard InChI is InChI=1S/C28H20F34O5/c1-11(13(29,30)15(33,34)17(37,38)19(41,42)21(45,46)23(49,50)25(53,54)27(57,58)59)66-9-7-64-5-3-63-4-6-65-8-10-67-12(2)14(31,32)16(35,36)18(39,40)20(43,44)22(47,48)24(51,52)26(55,56)28(60,61)62/h1-10H2. The number of alkyl halides is 34. The monoisotopic (exact) mass is 1080 g/mol. The summed E-state index contributed by atoms with van der Waals surface area (Å²) >= 11 is 0. The van der Waals surface area contributed by atoms with Crippen LogP contribution in [0.4, 0.5) is 149 Å². The van der Waals surface area contributed by atoms with E-state index < -0.39 is 160 Å². The first kappa shape index (κ1) is 63.6. The number of allylic oxidation sites excluding steroid dienone is 2. The van der Waals surface area contributed by atoms with Crippen LogP contribution >= 0.6 is 0 Å². The summed E-state index contributed by atoms with van der Waals surface area (Å²) in [6.07, 6.45) is -15.9. The van der Waals surface area contributed by atoms with Gasteiger partial charge in [0.2, 0.25) is 0 Å². The van der Waals surface area contributed by atoms with Gasteiger partial charge in [0.1, 0.15) is 13.2 Å². The zero-order chi connectivity index (χ0) is 54.3. The molecule has 0 amide bonds. The lowest BCUT2D eigenvalue weighted by Gasteiger charge is -2.42. The van der Waals surface area contributed by atoms with Crippen molar-refractivity contribution in [1.29, 1.82) is 0 Å². The van der Waals surface area contributed by atoms with Gasteiger partial charge in [0, 0.05) is 0 Å². The van der Waals surface area contributed by atoms with Gasteiger partial charge in [-0.2, -0.15) is 149 Å². The van der Waals surface area contributed by atoms with Crippen molar-refractivity contribution in [3.63, 3.8) is 0 Å². The van der Waals surface area contributed by atoms with E-state index in [0.717, 1.165) is 0 Å². The van der Waals surface area contributed by atoms with Crippen molar-refractivity contribution in [2.24, 2.45) is 0 Å². The van der Waals surface area contributed by atoms with E-state index in [-0.39, 0.29) is 0 Å². The van der Waals surface area contributed by atoms with Gasteiger partial charge in [-0.05, 0) is 0 Å². The number of hydrogen-bond donors (Lipinski definition) is 0. The van der Waals surface area contributed by atoms with Gasteiger partial charge in [-0.25, -0.2) is 0 Å². The van der Waals surface area contributed by atoms with Crippen molar-refractivity contribution in [3.8, 4) is 0 Å². The molecule has 0 radical (unpaired) electrons. The van der Waals surface area contributed by atoms with E-state index in [0.29, 0.717) is 0 Å². The highest BCUT2D eigenvalue weighted by atomic mass is 19.4. The molecular formula is C28H20F34O5. The number of ether oxygens (including phenoxy) is 5. The fraction of sp³-hybridized carbons (Fsp3) is 0.857. The van der Waals surface area contributed by atoms with Crippen LogP contribution < -0.4 is 0 Å². The van der Waals surface area contributed by atoms with Gasteiger partial charge >= 0.3 is 95.3 Å². The van der Waals surface area contributed by atoms with Crippen molar-refractivity contribution in [1.82, 2.24) is 0 Å². The molecule has 0 saturated heterocycles. The predicted octanol–water partition coefficient (Wildman–Crippen LogP) is 12.1.